The van der Waals surface area contributed by atoms with Crippen LogP contribution in [0.3, 0.4) is 0 Å². The molecule has 3 nitrogen and oxygen atoms in total. The van der Waals surface area contributed by atoms with Gasteiger partial charge < -0.3 is 9.84 Å². The first-order valence-corrected chi connectivity index (χ1v) is 10.1. The summed E-state index contributed by atoms with van der Waals surface area (Å²) in [6, 6.07) is 9.83. The Morgan fingerprint density at radius 3 is 2.64 bits per heavy atom. The quantitative estimate of drug-likeness (QED) is 0.800. The molecule has 0 saturated carbocycles. The summed E-state index contributed by atoms with van der Waals surface area (Å²) < 4.78 is 35.4. The van der Waals surface area contributed by atoms with E-state index in [0.29, 0.717) is 36.6 Å². The van der Waals surface area contributed by atoms with Crippen LogP contribution in [0.5, 0.6) is 5.75 Å². The van der Waals surface area contributed by atoms with E-state index >= 15 is 4.39 Å². The van der Waals surface area contributed by atoms with Crippen LogP contribution in [-0.4, -0.2) is 42.4 Å². The molecule has 0 aliphatic carbocycles. The normalized spacial score (nSPS) is 24.4. The van der Waals surface area contributed by atoms with Gasteiger partial charge in [0.2, 0.25) is 0 Å². The third-order valence-corrected chi connectivity index (χ3v) is 6.38. The summed E-state index contributed by atoms with van der Waals surface area (Å²) in [5.74, 6) is -0.883. The van der Waals surface area contributed by atoms with E-state index in [4.69, 9.17) is 16.3 Å². The van der Waals surface area contributed by atoms with E-state index in [-0.39, 0.29) is 18.4 Å². The van der Waals surface area contributed by atoms with Crippen LogP contribution in [0.15, 0.2) is 36.4 Å². The minimum atomic E-state index is -0.582. The molecule has 6 heteroatoms. The molecule has 2 aromatic carbocycles. The number of hydrogen-bond acceptors (Lipinski definition) is 3. The van der Waals surface area contributed by atoms with Crippen LogP contribution in [0.1, 0.15) is 30.4 Å². The molecule has 2 heterocycles. The molecule has 0 aromatic heterocycles. The molecule has 0 bridgehead atoms. The van der Waals surface area contributed by atoms with Crippen molar-refractivity contribution >= 4 is 11.6 Å². The third kappa shape index (κ3) is 3.40. The maximum absolute atomic E-state index is 15.1. The van der Waals surface area contributed by atoms with Gasteiger partial charge in [0.1, 0.15) is 12.4 Å². The standard InChI is InChI=1S/C22H24ClF2NO2/c23-16-5-3-15(4-6-16)13-22-9-1-10-26(11-2-12-27)19(22)14-28-21-18(25)8-7-17(24)20(21)22/h3-8,19,27H,1-2,9-14H2/t19-,22+/m1/s1. The molecule has 1 fully saturated rings. The molecule has 1 saturated heterocycles. The predicted octanol–water partition coefficient (Wildman–Crippen LogP) is 4.34. The number of hydrogen-bond donors (Lipinski definition) is 1. The van der Waals surface area contributed by atoms with E-state index in [1.165, 1.54) is 6.07 Å². The van der Waals surface area contributed by atoms with Gasteiger partial charge in [0.15, 0.2) is 11.6 Å². The molecule has 0 spiro atoms. The first kappa shape index (κ1) is 19.6. The van der Waals surface area contributed by atoms with Crippen molar-refractivity contribution in [2.45, 2.75) is 37.1 Å². The number of benzene rings is 2. The number of rotatable bonds is 5. The van der Waals surface area contributed by atoms with Crippen molar-refractivity contribution in [3.63, 3.8) is 0 Å². The molecule has 28 heavy (non-hydrogen) atoms. The monoisotopic (exact) mass is 407 g/mol. The van der Waals surface area contributed by atoms with Gasteiger partial charge in [-0.15, -0.1) is 0 Å². The Hall–Kier alpha value is -1.69. The topological polar surface area (TPSA) is 32.7 Å². The zero-order chi connectivity index (χ0) is 19.7. The number of aliphatic hydroxyl groups is 1. The molecular weight excluding hydrogens is 384 g/mol. The summed E-state index contributed by atoms with van der Waals surface area (Å²) in [7, 11) is 0. The molecule has 150 valence electrons. The van der Waals surface area contributed by atoms with E-state index in [9.17, 15) is 9.50 Å². The second kappa shape index (κ2) is 7.97. The average molecular weight is 408 g/mol. The Bertz CT molecular complexity index is 845. The van der Waals surface area contributed by atoms with Gasteiger partial charge in [0.05, 0.1) is 6.04 Å². The molecule has 0 radical (unpaired) electrons. The van der Waals surface area contributed by atoms with Gasteiger partial charge in [0.25, 0.3) is 0 Å². The van der Waals surface area contributed by atoms with Crippen molar-refractivity contribution < 1.29 is 18.6 Å². The smallest absolute Gasteiger partial charge is 0.165 e. The molecule has 2 aliphatic rings. The fourth-order valence-corrected chi connectivity index (χ4v) is 5.06. The maximum Gasteiger partial charge on any atom is 0.165 e. The summed E-state index contributed by atoms with van der Waals surface area (Å²) in [6.07, 6.45) is 2.87. The number of likely N-dealkylation sites (tertiary alicyclic amines) is 1. The molecule has 1 N–H and O–H groups in total. The summed E-state index contributed by atoms with van der Waals surface area (Å²) in [4.78, 5) is 2.27. The number of aliphatic hydroxyl groups excluding tert-OH is 1. The zero-order valence-electron chi connectivity index (χ0n) is 15.6. The number of piperidine rings is 1. The molecule has 0 amide bonds. The molecule has 2 aliphatic heterocycles. The molecule has 0 unspecified atom stereocenters. The van der Waals surface area contributed by atoms with Crippen LogP contribution in [0.4, 0.5) is 8.78 Å². The minimum Gasteiger partial charge on any atom is -0.488 e. The van der Waals surface area contributed by atoms with Gasteiger partial charge in [0, 0.05) is 29.2 Å². The van der Waals surface area contributed by atoms with E-state index in [2.05, 4.69) is 4.90 Å². The molecule has 4 rings (SSSR count). The Labute approximate surface area is 168 Å². The van der Waals surface area contributed by atoms with Crippen LogP contribution in [-0.2, 0) is 11.8 Å². The number of halogens is 3. The van der Waals surface area contributed by atoms with Crippen molar-refractivity contribution in [3.05, 3.63) is 64.2 Å². The van der Waals surface area contributed by atoms with Crippen LogP contribution in [0.2, 0.25) is 5.02 Å². The number of nitrogens with zero attached hydrogens (tertiary/aromatic N) is 1. The SMILES string of the molecule is OCCCN1CCC[C@@]2(Cc3ccc(Cl)cc3)c3c(F)ccc(F)c3OC[C@@H]12. The van der Waals surface area contributed by atoms with E-state index in [1.54, 1.807) is 0 Å². The zero-order valence-corrected chi connectivity index (χ0v) is 16.4. The Balaban J connectivity index is 1.82. The first-order valence-electron chi connectivity index (χ1n) is 9.76. The lowest BCUT2D eigenvalue weighted by Crippen LogP contribution is -2.61. The maximum atomic E-state index is 15.1. The average Bonchev–Trinajstić information content (AvgIpc) is 2.70. The summed E-state index contributed by atoms with van der Waals surface area (Å²) in [5, 5.41) is 9.93. The first-order chi connectivity index (χ1) is 13.5. The van der Waals surface area contributed by atoms with Crippen molar-refractivity contribution in [1.82, 2.24) is 4.90 Å². The van der Waals surface area contributed by atoms with Gasteiger partial charge >= 0.3 is 0 Å². The lowest BCUT2D eigenvalue weighted by atomic mass is 9.63. The van der Waals surface area contributed by atoms with Gasteiger partial charge in [-0.2, -0.15) is 0 Å². The van der Waals surface area contributed by atoms with E-state index in [0.717, 1.165) is 31.0 Å². The van der Waals surface area contributed by atoms with Crippen LogP contribution < -0.4 is 4.74 Å². The van der Waals surface area contributed by atoms with Gasteiger partial charge in [-0.25, -0.2) is 8.78 Å². The van der Waals surface area contributed by atoms with Crippen LogP contribution in [0, 0.1) is 11.6 Å². The van der Waals surface area contributed by atoms with Crippen LogP contribution in [0.25, 0.3) is 0 Å². The highest BCUT2D eigenvalue weighted by Crippen LogP contribution is 2.50. The van der Waals surface area contributed by atoms with Crippen molar-refractivity contribution in [2.75, 3.05) is 26.3 Å². The van der Waals surface area contributed by atoms with Crippen molar-refractivity contribution in [2.24, 2.45) is 0 Å². The lowest BCUT2D eigenvalue weighted by Gasteiger charge is -2.53. The van der Waals surface area contributed by atoms with Gasteiger partial charge in [-0.05, 0) is 62.1 Å². The summed E-state index contributed by atoms with van der Waals surface area (Å²) >= 11 is 6.04. The number of fused-ring (bicyclic) bond motifs is 3. The molecular formula is C22H24ClF2NO2. The highest BCUT2D eigenvalue weighted by molar-refractivity contribution is 6.30. The Morgan fingerprint density at radius 1 is 1.14 bits per heavy atom. The van der Waals surface area contributed by atoms with Crippen LogP contribution >= 0.6 is 11.6 Å². The van der Waals surface area contributed by atoms with Crippen molar-refractivity contribution in [1.29, 1.82) is 0 Å². The van der Waals surface area contributed by atoms with E-state index < -0.39 is 17.0 Å². The highest BCUT2D eigenvalue weighted by Gasteiger charge is 2.52. The van der Waals surface area contributed by atoms with Gasteiger partial charge in [-0.1, -0.05) is 23.7 Å². The fraction of sp³-hybridized carbons (Fsp3) is 0.455. The third-order valence-electron chi connectivity index (χ3n) is 6.13. The molecule has 2 atom stereocenters. The molecule has 2 aromatic rings. The second-order valence-corrected chi connectivity index (χ2v) is 8.17. The van der Waals surface area contributed by atoms with E-state index in [1.807, 2.05) is 24.3 Å². The fourth-order valence-electron chi connectivity index (χ4n) is 4.93. The number of ether oxygens (including phenoxy) is 1. The second-order valence-electron chi connectivity index (χ2n) is 7.74. The van der Waals surface area contributed by atoms with Crippen molar-refractivity contribution in [3.8, 4) is 5.75 Å². The summed E-state index contributed by atoms with van der Waals surface area (Å²) in [5.41, 5.74) is 0.809. The lowest BCUT2D eigenvalue weighted by molar-refractivity contribution is 0.00669. The highest BCUT2D eigenvalue weighted by atomic mass is 35.5. The minimum absolute atomic E-state index is 0.0502. The summed E-state index contributed by atoms with van der Waals surface area (Å²) in [6.45, 7) is 1.99. The largest absolute Gasteiger partial charge is 0.488 e. The Kier molecular flexibility index (Phi) is 5.59. The van der Waals surface area contributed by atoms with Gasteiger partial charge in [-0.3, -0.25) is 4.90 Å². The Morgan fingerprint density at radius 2 is 1.89 bits per heavy atom. The predicted molar refractivity (Wildman–Crippen MR) is 105 cm³/mol.